The highest BCUT2D eigenvalue weighted by molar-refractivity contribution is 7.99. The summed E-state index contributed by atoms with van der Waals surface area (Å²) in [6, 6.07) is 6.80. The van der Waals surface area contributed by atoms with E-state index in [0.29, 0.717) is 43.5 Å². The molecule has 0 bridgehead atoms. The van der Waals surface area contributed by atoms with E-state index in [-0.39, 0.29) is 11.8 Å². The van der Waals surface area contributed by atoms with Crippen LogP contribution in [0.15, 0.2) is 46.7 Å². The average molecular weight is 462 g/mol. The number of nitrogens with one attached hydrogen (secondary N) is 1. The summed E-state index contributed by atoms with van der Waals surface area (Å²) in [7, 11) is 1.53. The normalized spacial score (nSPS) is 10.5. The second-order valence-corrected chi connectivity index (χ2v) is 7.73. The van der Waals surface area contributed by atoms with Crippen LogP contribution < -0.4 is 10.1 Å². The summed E-state index contributed by atoms with van der Waals surface area (Å²) in [4.78, 5) is 29.3. The summed E-state index contributed by atoms with van der Waals surface area (Å²) in [5.41, 5.74) is 3.00. The monoisotopic (exact) mass is 461 g/mol. The Morgan fingerprint density at radius 3 is 2.73 bits per heavy atom. The summed E-state index contributed by atoms with van der Waals surface area (Å²) in [6.45, 7) is 5.36. The molecule has 3 rings (SSSR count). The van der Waals surface area contributed by atoms with Gasteiger partial charge in [0.15, 0.2) is 0 Å². The third-order valence-corrected chi connectivity index (χ3v) is 5.33. The highest BCUT2D eigenvalue weighted by Crippen LogP contribution is 2.34. The van der Waals surface area contributed by atoms with Crippen molar-refractivity contribution in [2.24, 2.45) is 4.99 Å². The topological polar surface area (TPSA) is 89.4 Å². The smallest absolute Gasteiger partial charge is 0.254 e. The number of nitrogens with zero attached hydrogens (tertiary/aromatic N) is 4. The second-order valence-electron chi connectivity index (χ2n) is 5.99. The van der Waals surface area contributed by atoms with Crippen LogP contribution in [-0.2, 0) is 0 Å². The van der Waals surface area contributed by atoms with Crippen LogP contribution in [0.1, 0.15) is 16.1 Å². The van der Waals surface area contributed by atoms with Crippen LogP contribution in [0.25, 0.3) is 11.1 Å². The zero-order valence-electron chi connectivity index (χ0n) is 16.1. The number of halogens is 2. The predicted octanol–water partition coefficient (Wildman–Crippen LogP) is 4.97. The van der Waals surface area contributed by atoms with Crippen molar-refractivity contribution in [3.63, 3.8) is 0 Å². The second kappa shape index (κ2) is 9.88. The maximum atomic E-state index is 12.9. The molecule has 0 saturated heterocycles. The van der Waals surface area contributed by atoms with Gasteiger partial charge in [0.25, 0.3) is 5.91 Å². The molecule has 7 nitrogen and oxygen atoms in total. The fourth-order valence-electron chi connectivity index (χ4n) is 2.66. The molecule has 1 amide bonds. The Kier molecular flexibility index (Phi) is 7.25. The Labute approximate surface area is 187 Å². The summed E-state index contributed by atoms with van der Waals surface area (Å²) in [5, 5.41) is 4.05. The number of hydrogen-bond acceptors (Lipinski definition) is 7. The molecule has 1 N–H and O–H groups in total. The van der Waals surface area contributed by atoms with Gasteiger partial charge in [-0.25, -0.2) is 9.97 Å². The van der Waals surface area contributed by atoms with Gasteiger partial charge in [0.2, 0.25) is 0 Å². The van der Waals surface area contributed by atoms with E-state index < -0.39 is 0 Å². The third kappa shape index (κ3) is 5.08. The quantitative estimate of drug-likeness (QED) is 0.231. The number of carbonyl (C=O) groups excluding carboxylic acids is 1. The van der Waals surface area contributed by atoms with Crippen LogP contribution in [-0.4, -0.2) is 40.6 Å². The van der Waals surface area contributed by atoms with E-state index in [4.69, 9.17) is 27.9 Å². The largest absolute Gasteiger partial charge is 0.494 e. The van der Waals surface area contributed by atoms with Crippen molar-refractivity contribution in [3.05, 3.63) is 58.2 Å². The zero-order valence-corrected chi connectivity index (χ0v) is 18.5. The Morgan fingerprint density at radius 2 is 2.00 bits per heavy atom. The van der Waals surface area contributed by atoms with Crippen molar-refractivity contribution in [3.8, 4) is 16.9 Å². The van der Waals surface area contributed by atoms with E-state index >= 15 is 0 Å². The van der Waals surface area contributed by atoms with Gasteiger partial charge in [0.1, 0.15) is 21.1 Å². The molecule has 3 aromatic heterocycles. The summed E-state index contributed by atoms with van der Waals surface area (Å²) in [5.74, 6) is 0.435. The minimum absolute atomic E-state index is 0.246. The van der Waals surface area contributed by atoms with E-state index in [0.717, 1.165) is 5.69 Å². The number of thioether (sulfide) groups is 1. The molecule has 0 aromatic carbocycles. The van der Waals surface area contributed by atoms with Crippen LogP contribution in [0.2, 0.25) is 10.3 Å². The molecule has 154 valence electrons. The first-order valence-corrected chi connectivity index (χ1v) is 10.4. The van der Waals surface area contributed by atoms with Crippen molar-refractivity contribution in [2.75, 3.05) is 13.0 Å². The van der Waals surface area contributed by atoms with E-state index in [1.807, 2.05) is 6.92 Å². The molecule has 0 spiro atoms. The molecule has 30 heavy (non-hydrogen) atoms. The van der Waals surface area contributed by atoms with Crippen LogP contribution in [0.5, 0.6) is 5.75 Å². The molecule has 0 atom stereocenters. The Morgan fingerprint density at radius 1 is 1.20 bits per heavy atom. The molecule has 0 unspecified atom stereocenters. The Balaban J connectivity index is 1.85. The van der Waals surface area contributed by atoms with E-state index in [1.165, 1.54) is 31.3 Å². The maximum absolute atomic E-state index is 12.9. The summed E-state index contributed by atoms with van der Waals surface area (Å²) < 4.78 is 5.39. The van der Waals surface area contributed by atoms with E-state index in [1.54, 1.807) is 24.3 Å². The number of carbonyl (C=O) groups is 1. The molecule has 0 radical (unpaired) electrons. The molecular weight excluding hydrogens is 445 g/mol. The lowest BCUT2D eigenvalue weighted by Crippen LogP contribution is -2.24. The predicted molar refractivity (Wildman–Crippen MR) is 120 cm³/mol. The summed E-state index contributed by atoms with van der Waals surface area (Å²) in [6.07, 6.45) is 3.03. The van der Waals surface area contributed by atoms with Crippen molar-refractivity contribution in [2.45, 2.75) is 11.9 Å². The maximum Gasteiger partial charge on any atom is 0.254 e. The van der Waals surface area contributed by atoms with Gasteiger partial charge in [-0.15, -0.1) is 0 Å². The Hall–Kier alpha value is -2.68. The van der Waals surface area contributed by atoms with Gasteiger partial charge in [0, 0.05) is 23.0 Å². The van der Waals surface area contributed by atoms with Crippen molar-refractivity contribution in [1.82, 2.24) is 20.3 Å². The minimum atomic E-state index is -0.310. The number of aryl methyl sites for hydroxylation is 1. The molecule has 0 aliphatic heterocycles. The average Bonchev–Trinajstić information content (AvgIpc) is 2.73. The SMILES string of the molecule is C=Nc1ccc(Cl)nc1SCNC(=O)c1cnc(C)cc1-c1cc(Cl)ncc1OC. The first-order valence-electron chi connectivity index (χ1n) is 8.63. The van der Waals surface area contributed by atoms with E-state index in [9.17, 15) is 4.79 Å². The fourth-order valence-corrected chi connectivity index (χ4v) is 3.80. The van der Waals surface area contributed by atoms with Crippen LogP contribution in [0.4, 0.5) is 5.69 Å². The standard InChI is InChI=1S/C20H17Cl2N5O2S/c1-11-6-12(13-7-18(22)25-9-16(13)29-3)14(8-24-11)19(28)26-10-30-20-15(23-2)4-5-17(21)27-20/h4-9H,2,10H2,1,3H3,(H,26,28). The molecule has 0 saturated carbocycles. The van der Waals surface area contributed by atoms with Crippen molar-refractivity contribution in [1.29, 1.82) is 0 Å². The number of rotatable bonds is 7. The molecule has 0 aliphatic rings. The lowest BCUT2D eigenvalue weighted by Gasteiger charge is -2.14. The number of ether oxygens (including phenoxy) is 1. The zero-order chi connectivity index (χ0) is 21.7. The van der Waals surface area contributed by atoms with Crippen molar-refractivity contribution < 1.29 is 9.53 Å². The highest BCUT2D eigenvalue weighted by atomic mass is 35.5. The first kappa shape index (κ1) is 22.0. The molecular formula is C20H17Cl2N5O2S. The van der Waals surface area contributed by atoms with Crippen LogP contribution in [0.3, 0.4) is 0 Å². The highest BCUT2D eigenvalue weighted by Gasteiger charge is 2.18. The minimum Gasteiger partial charge on any atom is -0.494 e. The molecule has 3 heterocycles. The molecule has 0 fully saturated rings. The lowest BCUT2D eigenvalue weighted by atomic mass is 10.0. The lowest BCUT2D eigenvalue weighted by molar-refractivity contribution is 0.0961. The summed E-state index contributed by atoms with van der Waals surface area (Å²) >= 11 is 13.3. The number of pyridine rings is 3. The molecule has 10 heteroatoms. The number of hydrogen-bond donors (Lipinski definition) is 1. The van der Waals surface area contributed by atoms with Crippen LogP contribution in [0, 0.1) is 6.92 Å². The number of methoxy groups -OCH3 is 1. The fraction of sp³-hybridized carbons (Fsp3) is 0.150. The van der Waals surface area contributed by atoms with Crippen LogP contribution >= 0.6 is 35.0 Å². The van der Waals surface area contributed by atoms with Gasteiger partial charge < -0.3 is 10.1 Å². The molecule has 3 aromatic rings. The first-order chi connectivity index (χ1) is 14.4. The number of aliphatic imine (C=N–C) groups is 1. The van der Waals surface area contributed by atoms with Gasteiger partial charge in [-0.05, 0) is 37.9 Å². The van der Waals surface area contributed by atoms with Gasteiger partial charge >= 0.3 is 0 Å². The number of aromatic nitrogens is 3. The van der Waals surface area contributed by atoms with Crippen molar-refractivity contribution >= 4 is 53.3 Å². The van der Waals surface area contributed by atoms with Gasteiger partial charge in [0.05, 0.1) is 30.4 Å². The molecule has 0 aliphatic carbocycles. The van der Waals surface area contributed by atoms with Gasteiger partial charge in [-0.2, -0.15) is 0 Å². The van der Waals surface area contributed by atoms with Gasteiger partial charge in [-0.3, -0.25) is 14.8 Å². The van der Waals surface area contributed by atoms with Gasteiger partial charge in [-0.1, -0.05) is 35.0 Å². The van der Waals surface area contributed by atoms with E-state index in [2.05, 4.69) is 32.0 Å². The third-order valence-electron chi connectivity index (χ3n) is 4.05. The Bertz CT molecular complexity index is 1110. The number of amides is 1.